The molecule has 1 atom stereocenters. The minimum absolute atomic E-state index is 0.404. The molecule has 0 aliphatic rings. The zero-order chi connectivity index (χ0) is 12.0. The van der Waals surface area contributed by atoms with Crippen molar-refractivity contribution in [1.29, 1.82) is 0 Å². The number of nitrogens with zero attached hydrogens (tertiary/aromatic N) is 1. The lowest BCUT2D eigenvalue weighted by Gasteiger charge is -2.13. The Morgan fingerprint density at radius 3 is 2.81 bits per heavy atom. The second-order valence-electron chi connectivity index (χ2n) is 4.38. The smallest absolute Gasteiger partial charge is 0.0705 e. The third kappa shape index (κ3) is 4.92. The summed E-state index contributed by atoms with van der Waals surface area (Å²) in [6, 6.07) is 1.84. The van der Waals surface area contributed by atoms with Crippen LogP contribution in [-0.2, 0) is 6.42 Å². The maximum Gasteiger partial charge on any atom is 0.0705 e. The van der Waals surface area contributed by atoms with Gasteiger partial charge in [-0.05, 0) is 24.1 Å². The van der Waals surface area contributed by atoms with Crippen molar-refractivity contribution in [3.63, 3.8) is 0 Å². The van der Waals surface area contributed by atoms with Gasteiger partial charge in [-0.3, -0.25) is 4.98 Å². The maximum atomic E-state index is 9.80. The van der Waals surface area contributed by atoms with Crippen molar-refractivity contribution in [2.45, 2.75) is 26.4 Å². The van der Waals surface area contributed by atoms with Gasteiger partial charge in [-0.15, -0.1) is 0 Å². The Morgan fingerprint density at radius 2 is 2.19 bits per heavy atom. The third-order valence-corrected chi connectivity index (χ3v) is 2.58. The molecule has 1 aromatic rings. The van der Waals surface area contributed by atoms with Gasteiger partial charge < -0.3 is 10.4 Å². The Morgan fingerprint density at radius 1 is 1.44 bits per heavy atom. The topological polar surface area (TPSA) is 45.1 Å². The SMILES string of the molecule is CC(C)CNCC(O)Cc1ccncc1Cl. The number of hydrogen-bond donors (Lipinski definition) is 2. The molecule has 0 aliphatic carbocycles. The van der Waals surface area contributed by atoms with Gasteiger partial charge >= 0.3 is 0 Å². The van der Waals surface area contributed by atoms with E-state index in [9.17, 15) is 5.11 Å². The lowest BCUT2D eigenvalue weighted by atomic mass is 10.1. The molecule has 1 heterocycles. The van der Waals surface area contributed by atoms with E-state index in [2.05, 4.69) is 24.1 Å². The Balaban J connectivity index is 2.34. The van der Waals surface area contributed by atoms with Gasteiger partial charge in [0.15, 0.2) is 0 Å². The summed E-state index contributed by atoms with van der Waals surface area (Å²) in [6.07, 6.45) is 3.45. The minimum atomic E-state index is -0.404. The van der Waals surface area contributed by atoms with E-state index in [1.807, 2.05) is 6.07 Å². The van der Waals surface area contributed by atoms with Crippen molar-refractivity contribution in [1.82, 2.24) is 10.3 Å². The molecular weight excluding hydrogens is 224 g/mol. The highest BCUT2D eigenvalue weighted by Gasteiger charge is 2.08. The number of aromatic nitrogens is 1. The average Bonchev–Trinajstić information content (AvgIpc) is 2.21. The summed E-state index contributed by atoms with van der Waals surface area (Å²) < 4.78 is 0. The van der Waals surface area contributed by atoms with Crippen LogP contribution in [0.1, 0.15) is 19.4 Å². The van der Waals surface area contributed by atoms with Crippen LogP contribution >= 0.6 is 11.6 Å². The first-order valence-electron chi connectivity index (χ1n) is 5.56. The highest BCUT2D eigenvalue weighted by Crippen LogP contribution is 2.14. The molecule has 1 aromatic heterocycles. The van der Waals surface area contributed by atoms with Gasteiger partial charge in [0.1, 0.15) is 0 Å². The van der Waals surface area contributed by atoms with E-state index in [0.29, 0.717) is 23.9 Å². The number of nitrogens with one attached hydrogen (secondary N) is 1. The van der Waals surface area contributed by atoms with Crippen molar-refractivity contribution < 1.29 is 5.11 Å². The molecule has 0 spiro atoms. The summed E-state index contributed by atoms with van der Waals surface area (Å²) >= 11 is 5.96. The fourth-order valence-corrected chi connectivity index (χ4v) is 1.63. The Bertz CT molecular complexity index is 318. The lowest BCUT2D eigenvalue weighted by Crippen LogP contribution is -2.30. The molecule has 4 heteroatoms. The summed E-state index contributed by atoms with van der Waals surface area (Å²) in [6.45, 7) is 5.79. The molecule has 0 aliphatic heterocycles. The van der Waals surface area contributed by atoms with Gasteiger partial charge in [0.05, 0.1) is 11.1 Å². The average molecular weight is 243 g/mol. The van der Waals surface area contributed by atoms with E-state index in [0.717, 1.165) is 12.1 Å². The molecule has 0 aromatic carbocycles. The molecule has 0 saturated carbocycles. The first-order chi connectivity index (χ1) is 7.59. The summed E-state index contributed by atoms with van der Waals surface area (Å²) in [5, 5.41) is 13.6. The summed E-state index contributed by atoms with van der Waals surface area (Å²) in [5.74, 6) is 0.594. The molecule has 3 nitrogen and oxygen atoms in total. The number of halogens is 1. The molecule has 0 fully saturated rings. The molecule has 0 radical (unpaired) electrons. The minimum Gasteiger partial charge on any atom is -0.391 e. The first-order valence-corrected chi connectivity index (χ1v) is 5.94. The first kappa shape index (κ1) is 13.4. The number of hydrogen-bond acceptors (Lipinski definition) is 3. The van der Waals surface area contributed by atoms with Crippen LogP contribution in [0.5, 0.6) is 0 Å². The summed E-state index contributed by atoms with van der Waals surface area (Å²) in [4.78, 5) is 3.91. The molecule has 1 rings (SSSR count). The van der Waals surface area contributed by atoms with Gasteiger partial charge in [-0.1, -0.05) is 25.4 Å². The van der Waals surface area contributed by atoms with Crippen molar-refractivity contribution >= 4 is 11.6 Å². The molecular formula is C12H19ClN2O. The predicted octanol–water partition coefficient (Wildman–Crippen LogP) is 1.88. The van der Waals surface area contributed by atoms with E-state index in [1.54, 1.807) is 12.4 Å². The van der Waals surface area contributed by atoms with Crippen molar-refractivity contribution in [3.8, 4) is 0 Å². The van der Waals surface area contributed by atoms with Gasteiger partial charge in [-0.25, -0.2) is 0 Å². The Hall–Kier alpha value is -0.640. The third-order valence-electron chi connectivity index (χ3n) is 2.24. The highest BCUT2D eigenvalue weighted by molar-refractivity contribution is 6.31. The molecule has 90 valence electrons. The van der Waals surface area contributed by atoms with Crippen LogP contribution in [0.25, 0.3) is 0 Å². The van der Waals surface area contributed by atoms with E-state index in [-0.39, 0.29) is 0 Å². The molecule has 2 N–H and O–H groups in total. The van der Waals surface area contributed by atoms with Crippen molar-refractivity contribution in [2.75, 3.05) is 13.1 Å². The van der Waals surface area contributed by atoms with Gasteiger partial charge in [-0.2, -0.15) is 0 Å². The number of aliphatic hydroxyl groups excluding tert-OH is 1. The Labute approximate surface area is 102 Å². The standard InChI is InChI=1S/C12H19ClN2O/c1-9(2)6-15-7-11(16)5-10-3-4-14-8-12(10)13/h3-4,8-9,11,15-16H,5-7H2,1-2H3. The van der Waals surface area contributed by atoms with Crippen LogP contribution in [0.3, 0.4) is 0 Å². The van der Waals surface area contributed by atoms with Crippen LogP contribution in [0, 0.1) is 5.92 Å². The van der Waals surface area contributed by atoms with E-state index in [4.69, 9.17) is 11.6 Å². The van der Waals surface area contributed by atoms with Crippen molar-refractivity contribution in [3.05, 3.63) is 29.0 Å². The second kappa shape index (κ2) is 6.84. The van der Waals surface area contributed by atoms with E-state index >= 15 is 0 Å². The van der Waals surface area contributed by atoms with E-state index in [1.165, 1.54) is 0 Å². The number of rotatable bonds is 6. The summed E-state index contributed by atoms with van der Waals surface area (Å²) in [7, 11) is 0. The van der Waals surface area contributed by atoms with Crippen LogP contribution < -0.4 is 5.32 Å². The van der Waals surface area contributed by atoms with Gasteiger partial charge in [0.25, 0.3) is 0 Å². The molecule has 16 heavy (non-hydrogen) atoms. The van der Waals surface area contributed by atoms with Crippen molar-refractivity contribution in [2.24, 2.45) is 5.92 Å². The van der Waals surface area contributed by atoms with Crippen LogP contribution in [0.4, 0.5) is 0 Å². The second-order valence-corrected chi connectivity index (χ2v) is 4.78. The predicted molar refractivity (Wildman–Crippen MR) is 66.7 cm³/mol. The molecule has 0 saturated heterocycles. The molecule has 0 amide bonds. The van der Waals surface area contributed by atoms with Gasteiger partial charge in [0, 0.05) is 25.4 Å². The summed E-state index contributed by atoms with van der Waals surface area (Å²) in [5.41, 5.74) is 0.940. The Kier molecular flexibility index (Phi) is 5.74. The fourth-order valence-electron chi connectivity index (χ4n) is 1.43. The quantitative estimate of drug-likeness (QED) is 0.801. The molecule has 0 bridgehead atoms. The fraction of sp³-hybridized carbons (Fsp3) is 0.583. The van der Waals surface area contributed by atoms with Crippen LogP contribution in [-0.4, -0.2) is 29.3 Å². The largest absolute Gasteiger partial charge is 0.391 e. The lowest BCUT2D eigenvalue weighted by molar-refractivity contribution is 0.170. The van der Waals surface area contributed by atoms with Crippen LogP contribution in [0.15, 0.2) is 18.5 Å². The highest BCUT2D eigenvalue weighted by atomic mass is 35.5. The monoisotopic (exact) mass is 242 g/mol. The van der Waals surface area contributed by atoms with Crippen LogP contribution in [0.2, 0.25) is 5.02 Å². The number of pyridine rings is 1. The number of aliphatic hydroxyl groups is 1. The zero-order valence-electron chi connectivity index (χ0n) is 9.78. The van der Waals surface area contributed by atoms with Gasteiger partial charge in [0.2, 0.25) is 0 Å². The normalized spacial score (nSPS) is 13.1. The molecule has 1 unspecified atom stereocenters. The van der Waals surface area contributed by atoms with E-state index < -0.39 is 6.10 Å². The zero-order valence-corrected chi connectivity index (χ0v) is 10.5. The maximum absolute atomic E-state index is 9.80.